The highest BCUT2D eigenvalue weighted by Crippen LogP contribution is 2.21. The first kappa shape index (κ1) is 10.4. The first-order valence-corrected chi connectivity index (χ1v) is 5.19. The van der Waals surface area contributed by atoms with E-state index in [2.05, 4.69) is 16.0 Å². The third kappa shape index (κ3) is 2.10. The third-order valence-corrected chi connectivity index (χ3v) is 2.74. The van der Waals surface area contributed by atoms with Gasteiger partial charge in [0.2, 0.25) is 5.91 Å². The van der Waals surface area contributed by atoms with Gasteiger partial charge in [-0.3, -0.25) is 15.4 Å². The van der Waals surface area contributed by atoms with Crippen LogP contribution in [-0.4, -0.2) is 30.9 Å². The quantitative estimate of drug-likeness (QED) is 0.578. The summed E-state index contributed by atoms with van der Waals surface area (Å²) in [7, 11) is 0. The predicted molar refractivity (Wildman–Crippen MR) is 51.7 cm³/mol. The highest BCUT2D eigenvalue weighted by Gasteiger charge is 2.39. The Balaban J connectivity index is 1.99. The molecule has 0 spiro atoms. The van der Waals surface area contributed by atoms with E-state index in [1.165, 1.54) is 0 Å². The first-order valence-electron chi connectivity index (χ1n) is 5.19. The molecule has 3 amide bonds. The van der Waals surface area contributed by atoms with Crippen molar-refractivity contribution in [1.29, 1.82) is 0 Å². The van der Waals surface area contributed by atoms with Crippen LogP contribution in [0.2, 0.25) is 0 Å². The second-order valence-electron chi connectivity index (χ2n) is 3.73. The lowest BCUT2D eigenvalue weighted by Crippen LogP contribution is -2.67. The predicted octanol–water partition coefficient (Wildman–Crippen LogP) is -0.486. The SMILES string of the molecule is CCOC1CCC2C(=O)NC(=O)NC2N1. The number of imide groups is 1. The molecule has 2 fully saturated rings. The fraction of sp³-hybridized carbons (Fsp3) is 0.778. The molecule has 2 aliphatic heterocycles. The van der Waals surface area contributed by atoms with E-state index in [-0.39, 0.29) is 24.2 Å². The van der Waals surface area contributed by atoms with Crippen LogP contribution >= 0.6 is 0 Å². The van der Waals surface area contributed by atoms with Crippen LogP contribution < -0.4 is 16.0 Å². The van der Waals surface area contributed by atoms with E-state index in [9.17, 15) is 9.59 Å². The Morgan fingerprint density at radius 2 is 2.20 bits per heavy atom. The van der Waals surface area contributed by atoms with Crippen molar-refractivity contribution < 1.29 is 14.3 Å². The molecule has 0 radical (unpaired) electrons. The van der Waals surface area contributed by atoms with Gasteiger partial charge in [-0.05, 0) is 19.8 Å². The zero-order valence-electron chi connectivity index (χ0n) is 8.58. The molecule has 3 atom stereocenters. The Labute approximate surface area is 87.7 Å². The molecule has 0 bridgehead atoms. The Kier molecular flexibility index (Phi) is 2.88. The molecule has 84 valence electrons. The lowest BCUT2D eigenvalue weighted by Gasteiger charge is -2.39. The molecule has 0 aromatic rings. The molecule has 0 aromatic heterocycles. The van der Waals surface area contributed by atoms with Gasteiger partial charge in [0.1, 0.15) is 6.23 Å². The molecule has 3 unspecified atom stereocenters. The summed E-state index contributed by atoms with van der Waals surface area (Å²) in [5.74, 6) is -0.384. The number of hydrogen-bond acceptors (Lipinski definition) is 4. The second kappa shape index (κ2) is 4.16. The molecule has 2 rings (SSSR count). The molecule has 0 saturated carbocycles. The largest absolute Gasteiger partial charge is 0.364 e. The topological polar surface area (TPSA) is 79.5 Å². The van der Waals surface area contributed by atoms with Gasteiger partial charge < -0.3 is 10.1 Å². The standard InChI is InChI=1S/C9H15N3O3/c1-2-15-6-4-3-5-7(10-6)11-9(14)12-8(5)13/h5-7,10H,2-4H2,1H3,(H2,11,12,13,14). The minimum Gasteiger partial charge on any atom is -0.364 e. The van der Waals surface area contributed by atoms with Gasteiger partial charge in [-0.25, -0.2) is 4.79 Å². The number of amides is 3. The third-order valence-electron chi connectivity index (χ3n) is 2.74. The molecule has 6 heteroatoms. The highest BCUT2D eigenvalue weighted by molar-refractivity contribution is 5.98. The summed E-state index contributed by atoms with van der Waals surface area (Å²) in [6.45, 7) is 2.54. The number of hydrogen-bond donors (Lipinski definition) is 3. The van der Waals surface area contributed by atoms with Crippen LogP contribution in [0.1, 0.15) is 19.8 Å². The Morgan fingerprint density at radius 3 is 2.93 bits per heavy atom. The maximum absolute atomic E-state index is 11.5. The number of fused-ring (bicyclic) bond motifs is 1. The van der Waals surface area contributed by atoms with Crippen LogP contribution in [0, 0.1) is 5.92 Å². The zero-order chi connectivity index (χ0) is 10.8. The summed E-state index contributed by atoms with van der Waals surface area (Å²) in [5, 5.41) is 8.03. The van der Waals surface area contributed by atoms with Crippen LogP contribution in [0.3, 0.4) is 0 Å². The molecule has 2 aliphatic rings. The van der Waals surface area contributed by atoms with Crippen LogP contribution in [0.15, 0.2) is 0 Å². The lowest BCUT2D eigenvalue weighted by molar-refractivity contribution is -0.129. The summed E-state index contributed by atoms with van der Waals surface area (Å²) < 4.78 is 5.41. The van der Waals surface area contributed by atoms with Crippen molar-refractivity contribution in [3.63, 3.8) is 0 Å². The summed E-state index contributed by atoms with van der Waals surface area (Å²) >= 11 is 0. The van der Waals surface area contributed by atoms with E-state index in [0.29, 0.717) is 6.61 Å². The fourth-order valence-corrected chi connectivity index (χ4v) is 2.04. The average Bonchev–Trinajstić information content (AvgIpc) is 2.17. The maximum Gasteiger partial charge on any atom is 0.322 e. The molecule has 15 heavy (non-hydrogen) atoms. The number of piperidine rings is 1. The Hall–Kier alpha value is -1.14. The number of carbonyl (C=O) groups is 2. The summed E-state index contributed by atoms with van der Waals surface area (Å²) in [4.78, 5) is 22.5. The zero-order valence-corrected chi connectivity index (χ0v) is 8.58. The molecule has 6 nitrogen and oxygen atoms in total. The first-order chi connectivity index (χ1) is 7.20. The summed E-state index contributed by atoms with van der Waals surface area (Å²) in [5.41, 5.74) is 0. The van der Waals surface area contributed by atoms with Crippen LogP contribution in [0.4, 0.5) is 4.79 Å². The number of nitrogens with one attached hydrogen (secondary N) is 3. The van der Waals surface area contributed by atoms with Gasteiger partial charge in [-0.15, -0.1) is 0 Å². The van der Waals surface area contributed by atoms with Crippen molar-refractivity contribution in [3.05, 3.63) is 0 Å². The van der Waals surface area contributed by atoms with Crippen LogP contribution in [-0.2, 0) is 9.53 Å². The van der Waals surface area contributed by atoms with E-state index >= 15 is 0 Å². The van der Waals surface area contributed by atoms with Gasteiger partial charge in [0.25, 0.3) is 0 Å². The molecule has 0 aromatic carbocycles. The highest BCUT2D eigenvalue weighted by atomic mass is 16.5. The van der Waals surface area contributed by atoms with Crippen molar-refractivity contribution in [2.75, 3.05) is 6.61 Å². The normalized spacial score (nSPS) is 35.4. The summed E-state index contributed by atoms with van der Waals surface area (Å²) in [6.07, 6.45) is 1.16. The van der Waals surface area contributed by atoms with Crippen molar-refractivity contribution in [2.45, 2.75) is 32.2 Å². The van der Waals surface area contributed by atoms with E-state index in [0.717, 1.165) is 12.8 Å². The van der Waals surface area contributed by atoms with Gasteiger partial charge in [0, 0.05) is 6.61 Å². The molecular formula is C9H15N3O3. The minimum absolute atomic E-state index is 0.0672. The van der Waals surface area contributed by atoms with Gasteiger partial charge in [-0.1, -0.05) is 0 Å². The summed E-state index contributed by atoms with van der Waals surface area (Å²) in [6, 6.07) is -0.439. The number of ether oxygens (including phenoxy) is 1. The maximum atomic E-state index is 11.5. The average molecular weight is 213 g/mol. The molecule has 2 heterocycles. The van der Waals surface area contributed by atoms with Crippen LogP contribution in [0.5, 0.6) is 0 Å². The van der Waals surface area contributed by atoms with Gasteiger partial charge in [-0.2, -0.15) is 0 Å². The number of carbonyl (C=O) groups excluding carboxylic acids is 2. The second-order valence-corrected chi connectivity index (χ2v) is 3.73. The number of urea groups is 1. The van der Waals surface area contributed by atoms with Crippen molar-refractivity contribution >= 4 is 11.9 Å². The number of rotatable bonds is 2. The van der Waals surface area contributed by atoms with Gasteiger partial charge in [0.15, 0.2) is 0 Å². The fourth-order valence-electron chi connectivity index (χ4n) is 2.04. The van der Waals surface area contributed by atoms with E-state index in [1.54, 1.807) is 0 Å². The lowest BCUT2D eigenvalue weighted by atomic mass is 9.93. The van der Waals surface area contributed by atoms with Crippen molar-refractivity contribution in [1.82, 2.24) is 16.0 Å². The van der Waals surface area contributed by atoms with Crippen LogP contribution in [0.25, 0.3) is 0 Å². The van der Waals surface area contributed by atoms with E-state index in [4.69, 9.17) is 4.74 Å². The smallest absolute Gasteiger partial charge is 0.322 e. The van der Waals surface area contributed by atoms with Crippen molar-refractivity contribution in [3.8, 4) is 0 Å². The minimum atomic E-state index is -0.439. The van der Waals surface area contributed by atoms with Gasteiger partial charge in [0.05, 0.1) is 12.1 Å². The van der Waals surface area contributed by atoms with Crippen molar-refractivity contribution in [2.24, 2.45) is 5.92 Å². The molecule has 2 saturated heterocycles. The van der Waals surface area contributed by atoms with Gasteiger partial charge >= 0.3 is 6.03 Å². The molecule has 0 aliphatic carbocycles. The van der Waals surface area contributed by atoms with E-state index in [1.807, 2.05) is 6.92 Å². The molecule has 3 N–H and O–H groups in total. The molecular weight excluding hydrogens is 198 g/mol. The Morgan fingerprint density at radius 1 is 1.40 bits per heavy atom. The Bertz CT molecular complexity index is 282. The monoisotopic (exact) mass is 213 g/mol. The van der Waals surface area contributed by atoms with E-state index < -0.39 is 6.03 Å².